The molecule has 0 radical (unpaired) electrons. The van der Waals surface area contributed by atoms with E-state index in [-0.39, 0.29) is 0 Å². The van der Waals surface area contributed by atoms with Crippen molar-refractivity contribution >= 4 is 0 Å². The summed E-state index contributed by atoms with van der Waals surface area (Å²) in [6, 6.07) is 10.3. The van der Waals surface area contributed by atoms with Crippen molar-refractivity contribution in [1.29, 1.82) is 0 Å². The van der Waals surface area contributed by atoms with Crippen molar-refractivity contribution in [3.05, 3.63) is 35.9 Å². The topological polar surface area (TPSA) is 0 Å². The van der Waals surface area contributed by atoms with Crippen molar-refractivity contribution in [2.45, 2.75) is 13.3 Å². The van der Waals surface area contributed by atoms with Crippen LogP contribution in [0.25, 0.3) is 0 Å². The highest BCUT2D eigenvalue weighted by molar-refractivity contribution is 5.20. The van der Waals surface area contributed by atoms with E-state index in [0.717, 1.165) is 6.42 Å². The zero-order chi connectivity index (χ0) is 7.23. The fourth-order valence-corrected chi connectivity index (χ4v) is 0.786. The van der Waals surface area contributed by atoms with Gasteiger partial charge in [0.2, 0.25) is 0 Å². The van der Waals surface area contributed by atoms with E-state index >= 15 is 0 Å². The van der Waals surface area contributed by atoms with Crippen molar-refractivity contribution in [2.75, 3.05) is 0 Å². The maximum atomic E-state index is 3.01. The lowest BCUT2D eigenvalue weighted by Gasteiger charge is -1.90. The van der Waals surface area contributed by atoms with Gasteiger partial charge in [0.05, 0.1) is 0 Å². The second-order valence-corrected chi connectivity index (χ2v) is 2.09. The highest BCUT2D eigenvalue weighted by atomic mass is 13.9. The summed E-state index contributed by atoms with van der Waals surface area (Å²) in [5.74, 6) is 5.88. The quantitative estimate of drug-likeness (QED) is 0.511. The normalized spacial score (nSPS) is 8.10. The van der Waals surface area contributed by atoms with Gasteiger partial charge in [0.1, 0.15) is 0 Å². The van der Waals surface area contributed by atoms with Crippen LogP contribution in [0.1, 0.15) is 12.5 Å². The molecule has 0 heterocycles. The molecule has 0 spiro atoms. The van der Waals surface area contributed by atoms with E-state index in [2.05, 4.69) is 24.0 Å². The number of hydrogen-bond donors (Lipinski definition) is 0. The Hall–Kier alpha value is -1.22. The van der Waals surface area contributed by atoms with Gasteiger partial charge in [-0.1, -0.05) is 36.3 Å². The third-order valence-electron chi connectivity index (χ3n) is 1.31. The first-order valence-corrected chi connectivity index (χ1v) is 3.37. The first-order chi connectivity index (χ1) is 4.93. The van der Waals surface area contributed by atoms with Crippen LogP contribution in [-0.4, -0.2) is 0 Å². The van der Waals surface area contributed by atoms with Gasteiger partial charge in [-0.2, -0.15) is 0 Å². The van der Waals surface area contributed by atoms with Crippen molar-refractivity contribution in [1.82, 2.24) is 0 Å². The molecule has 10 heavy (non-hydrogen) atoms. The van der Waals surface area contributed by atoms with Crippen LogP contribution in [0.4, 0.5) is 0 Å². The molecule has 0 nitrogen and oxygen atoms in total. The Kier molecular flexibility index (Phi) is 2.58. The van der Waals surface area contributed by atoms with E-state index in [1.54, 1.807) is 0 Å². The van der Waals surface area contributed by atoms with Crippen molar-refractivity contribution < 1.29 is 0 Å². The Morgan fingerprint density at radius 1 is 1.20 bits per heavy atom. The largest absolute Gasteiger partial charge is 0.106 e. The fraction of sp³-hybridized carbons (Fsp3) is 0.200. The molecule has 50 valence electrons. The average molecular weight is 130 g/mol. The second-order valence-electron chi connectivity index (χ2n) is 2.09. The summed E-state index contributed by atoms with van der Waals surface area (Å²) in [6.45, 7) is 1.86. The first-order valence-electron chi connectivity index (χ1n) is 3.37. The molecule has 0 fully saturated rings. The SMILES string of the molecule is CC#CCc1ccccc1. The van der Waals surface area contributed by atoms with E-state index in [0.29, 0.717) is 0 Å². The summed E-state index contributed by atoms with van der Waals surface area (Å²) in [4.78, 5) is 0. The Balaban J connectivity index is 2.64. The molecule has 0 heteroatoms. The van der Waals surface area contributed by atoms with Gasteiger partial charge in [0.25, 0.3) is 0 Å². The molecule has 1 aromatic carbocycles. The molecule has 0 atom stereocenters. The van der Waals surface area contributed by atoms with Gasteiger partial charge in [-0.25, -0.2) is 0 Å². The van der Waals surface area contributed by atoms with Crippen LogP contribution in [0, 0.1) is 11.8 Å². The highest BCUT2D eigenvalue weighted by Crippen LogP contribution is 1.97. The fourth-order valence-electron chi connectivity index (χ4n) is 0.786. The third kappa shape index (κ3) is 1.95. The summed E-state index contributed by atoms with van der Waals surface area (Å²) in [7, 11) is 0. The van der Waals surface area contributed by atoms with Gasteiger partial charge < -0.3 is 0 Å². The molecule has 0 aliphatic rings. The summed E-state index contributed by atoms with van der Waals surface area (Å²) < 4.78 is 0. The van der Waals surface area contributed by atoms with Crippen molar-refractivity contribution in [2.24, 2.45) is 0 Å². The molecule has 0 aromatic heterocycles. The number of rotatable bonds is 1. The standard InChI is InChI=1S/C10H10/c1-2-3-7-10-8-5-4-6-9-10/h4-6,8-9H,7H2,1H3. The zero-order valence-corrected chi connectivity index (χ0v) is 6.09. The molecular weight excluding hydrogens is 120 g/mol. The molecule has 0 bridgehead atoms. The highest BCUT2D eigenvalue weighted by Gasteiger charge is 1.83. The second kappa shape index (κ2) is 3.74. The maximum Gasteiger partial charge on any atom is 0.0340 e. The lowest BCUT2D eigenvalue weighted by molar-refractivity contribution is 1.32. The van der Waals surface area contributed by atoms with E-state index in [1.165, 1.54) is 5.56 Å². The Morgan fingerprint density at radius 2 is 1.90 bits per heavy atom. The molecule has 0 saturated heterocycles. The van der Waals surface area contributed by atoms with E-state index in [9.17, 15) is 0 Å². The third-order valence-corrected chi connectivity index (χ3v) is 1.31. The van der Waals surface area contributed by atoms with Crippen molar-refractivity contribution in [3.63, 3.8) is 0 Å². The van der Waals surface area contributed by atoms with Crippen LogP contribution in [0.5, 0.6) is 0 Å². The monoisotopic (exact) mass is 130 g/mol. The number of benzene rings is 1. The minimum Gasteiger partial charge on any atom is -0.106 e. The van der Waals surface area contributed by atoms with Crippen LogP contribution < -0.4 is 0 Å². The van der Waals surface area contributed by atoms with Crippen LogP contribution in [0.2, 0.25) is 0 Å². The minimum absolute atomic E-state index is 0.872. The number of hydrogen-bond acceptors (Lipinski definition) is 0. The van der Waals surface area contributed by atoms with Gasteiger partial charge in [-0.15, -0.1) is 5.92 Å². The molecule has 0 amide bonds. The summed E-state index contributed by atoms with van der Waals surface area (Å²) in [5.41, 5.74) is 1.29. The molecule has 0 saturated carbocycles. The van der Waals surface area contributed by atoms with E-state index in [1.807, 2.05) is 25.1 Å². The predicted molar refractivity (Wildman–Crippen MR) is 43.6 cm³/mol. The van der Waals surface area contributed by atoms with E-state index in [4.69, 9.17) is 0 Å². The van der Waals surface area contributed by atoms with Gasteiger partial charge >= 0.3 is 0 Å². The molecule has 0 N–H and O–H groups in total. The zero-order valence-electron chi connectivity index (χ0n) is 6.09. The first kappa shape index (κ1) is 6.89. The van der Waals surface area contributed by atoms with Crippen LogP contribution >= 0.6 is 0 Å². The van der Waals surface area contributed by atoms with Crippen LogP contribution in [0.3, 0.4) is 0 Å². The van der Waals surface area contributed by atoms with Gasteiger partial charge in [-0.3, -0.25) is 0 Å². The summed E-state index contributed by atoms with van der Waals surface area (Å²) >= 11 is 0. The molecule has 0 aliphatic heterocycles. The van der Waals surface area contributed by atoms with Gasteiger partial charge in [0, 0.05) is 6.42 Å². The van der Waals surface area contributed by atoms with Gasteiger partial charge in [0.15, 0.2) is 0 Å². The Bertz CT molecular complexity index is 236. The predicted octanol–water partition coefficient (Wildman–Crippen LogP) is 2.25. The Labute approximate surface area is 61.9 Å². The van der Waals surface area contributed by atoms with Crippen LogP contribution in [0.15, 0.2) is 30.3 Å². The molecule has 1 aromatic rings. The average Bonchev–Trinajstić information content (AvgIpc) is 2.03. The summed E-state index contributed by atoms with van der Waals surface area (Å²) in [5, 5.41) is 0. The van der Waals surface area contributed by atoms with Gasteiger partial charge in [-0.05, 0) is 12.5 Å². The smallest absolute Gasteiger partial charge is 0.0340 e. The maximum absolute atomic E-state index is 3.01. The lowest BCUT2D eigenvalue weighted by Crippen LogP contribution is -1.77. The van der Waals surface area contributed by atoms with Crippen LogP contribution in [-0.2, 0) is 6.42 Å². The molecular formula is C10H10. The Morgan fingerprint density at radius 3 is 2.50 bits per heavy atom. The summed E-state index contributed by atoms with van der Waals surface area (Å²) in [6.07, 6.45) is 0.872. The van der Waals surface area contributed by atoms with E-state index < -0.39 is 0 Å². The minimum atomic E-state index is 0.872. The molecule has 1 rings (SSSR count). The van der Waals surface area contributed by atoms with Crippen molar-refractivity contribution in [3.8, 4) is 11.8 Å². The molecule has 0 aliphatic carbocycles. The lowest BCUT2D eigenvalue weighted by atomic mass is 10.2. The molecule has 0 unspecified atom stereocenters.